The van der Waals surface area contributed by atoms with E-state index in [1.807, 2.05) is 43.8 Å². The fraction of sp³-hybridized carbons (Fsp3) is 0.444. The minimum absolute atomic E-state index is 0.153. The highest BCUT2D eigenvalue weighted by Crippen LogP contribution is 2.18. The molecule has 0 saturated heterocycles. The van der Waals surface area contributed by atoms with Crippen molar-refractivity contribution in [2.75, 3.05) is 13.2 Å². The average Bonchev–Trinajstić information content (AvgIpc) is 2.99. The first kappa shape index (κ1) is 19.5. The zero-order valence-electron chi connectivity index (χ0n) is 14.8. The molecule has 1 heterocycles. The van der Waals surface area contributed by atoms with Crippen molar-refractivity contribution in [3.63, 3.8) is 0 Å². The number of nitrogens with one attached hydrogen (secondary N) is 1. The molecule has 0 aliphatic heterocycles. The zero-order valence-corrected chi connectivity index (χ0v) is 15.7. The van der Waals surface area contributed by atoms with Crippen LogP contribution in [0, 0.1) is 5.92 Å². The number of benzene rings is 1. The number of nitrogens with zero attached hydrogens (tertiary/aromatic N) is 1. The van der Waals surface area contributed by atoms with Crippen LogP contribution >= 0.6 is 0 Å². The Bertz CT molecular complexity index is 767. The minimum Gasteiger partial charge on any atom is -0.493 e. The molecule has 0 radical (unpaired) electrons. The first-order valence-electron chi connectivity index (χ1n) is 8.31. The standard InChI is InChI=1S/C18H26N2O4S/c1-14(2)13-24-15-6-8-16(9-7-15)25(22,23)19-11-10-18(21)17-5-4-12-20(17)3/h4-9,12,14,18-19,21H,10-11,13H2,1-3H3. The number of rotatable bonds is 9. The molecule has 1 aromatic heterocycles. The molecule has 0 spiro atoms. The van der Waals surface area contributed by atoms with Crippen LogP contribution < -0.4 is 9.46 Å². The molecular weight excluding hydrogens is 340 g/mol. The monoisotopic (exact) mass is 366 g/mol. The van der Waals surface area contributed by atoms with Crippen LogP contribution in [0.5, 0.6) is 5.75 Å². The first-order valence-corrected chi connectivity index (χ1v) is 9.79. The van der Waals surface area contributed by atoms with E-state index in [-0.39, 0.29) is 11.4 Å². The van der Waals surface area contributed by atoms with Gasteiger partial charge in [-0.2, -0.15) is 0 Å². The molecule has 0 aliphatic rings. The van der Waals surface area contributed by atoms with Crippen molar-refractivity contribution < 1.29 is 18.3 Å². The molecule has 0 aliphatic carbocycles. The van der Waals surface area contributed by atoms with Gasteiger partial charge in [0.2, 0.25) is 10.0 Å². The zero-order chi connectivity index (χ0) is 18.4. The van der Waals surface area contributed by atoms with Gasteiger partial charge in [0.1, 0.15) is 5.75 Å². The molecule has 1 unspecified atom stereocenters. The Morgan fingerprint density at radius 1 is 1.20 bits per heavy atom. The minimum atomic E-state index is -3.61. The molecule has 138 valence electrons. The van der Waals surface area contributed by atoms with E-state index in [0.717, 1.165) is 5.69 Å². The molecule has 0 bridgehead atoms. The second kappa shape index (κ2) is 8.51. The number of sulfonamides is 1. The average molecular weight is 366 g/mol. The molecule has 1 aromatic carbocycles. The molecule has 0 fully saturated rings. The summed E-state index contributed by atoms with van der Waals surface area (Å²) < 4.78 is 34.5. The lowest BCUT2D eigenvalue weighted by Crippen LogP contribution is -2.26. The summed E-state index contributed by atoms with van der Waals surface area (Å²) in [6.07, 6.45) is 1.42. The third kappa shape index (κ3) is 5.59. The van der Waals surface area contributed by atoms with E-state index in [1.54, 1.807) is 12.1 Å². The maximum absolute atomic E-state index is 12.3. The van der Waals surface area contributed by atoms with Crippen LogP contribution in [-0.4, -0.2) is 31.2 Å². The number of aliphatic hydroxyl groups is 1. The van der Waals surface area contributed by atoms with E-state index in [9.17, 15) is 13.5 Å². The summed E-state index contributed by atoms with van der Waals surface area (Å²) >= 11 is 0. The van der Waals surface area contributed by atoms with Crippen molar-refractivity contribution in [3.05, 3.63) is 48.3 Å². The Morgan fingerprint density at radius 2 is 1.88 bits per heavy atom. The van der Waals surface area contributed by atoms with Gasteiger partial charge in [-0.15, -0.1) is 0 Å². The van der Waals surface area contributed by atoms with Gasteiger partial charge in [0, 0.05) is 25.5 Å². The van der Waals surface area contributed by atoms with Gasteiger partial charge in [0.05, 0.1) is 17.6 Å². The van der Waals surface area contributed by atoms with Gasteiger partial charge >= 0.3 is 0 Å². The molecule has 2 rings (SSSR count). The van der Waals surface area contributed by atoms with E-state index in [1.165, 1.54) is 12.1 Å². The first-order chi connectivity index (χ1) is 11.8. The highest BCUT2D eigenvalue weighted by molar-refractivity contribution is 7.89. The van der Waals surface area contributed by atoms with Crippen LogP contribution in [0.25, 0.3) is 0 Å². The number of ether oxygens (including phenoxy) is 1. The molecule has 0 saturated carbocycles. The number of hydrogen-bond donors (Lipinski definition) is 2. The lowest BCUT2D eigenvalue weighted by Gasteiger charge is -2.13. The summed E-state index contributed by atoms with van der Waals surface area (Å²) in [5, 5.41) is 10.1. The van der Waals surface area contributed by atoms with Gasteiger partial charge < -0.3 is 14.4 Å². The number of aliphatic hydroxyl groups excluding tert-OH is 1. The normalized spacial score (nSPS) is 13.2. The lowest BCUT2D eigenvalue weighted by molar-refractivity contribution is 0.161. The Kier molecular flexibility index (Phi) is 6.64. The van der Waals surface area contributed by atoms with Crippen LogP contribution in [0.1, 0.15) is 32.1 Å². The molecule has 0 amide bonds. The Morgan fingerprint density at radius 3 is 2.44 bits per heavy atom. The highest BCUT2D eigenvalue weighted by atomic mass is 32.2. The molecule has 25 heavy (non-hydrogen) atoms. The Balaban J connectivity index is 1.89. The van der Waals surface area contributed by atoms with Gasteiger partial charge in [-0.3, -0.25) is 0 Å². The van der Waals surface area contributed by atoms with Crippen molar-refractivity contribution in [3.8, 4) is 5.75 Å². The molecule has 1 atom stereocenters. The third-order valence-corrected chi connectivity index (χ3v) is 5.23. The van der Waals surface area contributed by atoms with Crippen molar-refractivity contribution in [2.24, 2.45) is 13.0 Å². The van der Waals surface area contributed by atoms with E-state index in [0.29, 0.717) is 24.7 Å². The van der Waals surface area contributed by atoms with Crippen LogP contribution in [-0.2, 0) is 17.1 Å². The van der Waals surface area contributed by atoms with Crippen LogP contribution in [0.2, 0.25) is 0 Å². The van der Waals surface area contributed by atoms with E-state index < -0.39 is 16.1 Å². The van der Waals surface area contributed by atoms with Gasteiger partial charge in [-0.1, -0.05) is 13.8 Å². The van der Waals surface area contributed by atoms with Gasteiger partial charge in [0.15, 0.2) is 0 Å². The van der Waals surface area contributed by atoms with Crippen LogP contribution in [0.15, 0.2) is 47.5 Å². The SMILES string of the molecule is CC(C)COc1ccc(S(=O)(=O)NCCC(O)c2cccn2C)cc1. The maximum atomic E-state index is 12.3. The largest absolute Gasteiger partial charge is 0.493 e. The number of aromatic nitrogens is 1. The van der Waals surface area contributed by atoms with E-state index in [2.05, 4.69) is 4.72 Å². The predicted molar refractivity (Wildman–Crippen MR) is 97.0 cm³/mol. The summed E-state index contributed by atoms with van der Waals surface area (Å²) in [4.78, 5) is 0.178. The van der Waals surface area contributed by atoms with Crippen molar-refractivity contribution in [1.82, 2.24) is 9.29 Å². The fourth-order valence-electron chi connectivity index (χ4n) is 2.36. The quantitative estimate of drug-likeness (QED) is 0.714. The van der Waals surface area contributed by atoms with Crippen LogP contribution in [0.4, 0.5) is 0 Å². The Hall–Kier alpha value is -1.83. The summed E-state index contributed by atoms with van der Waals surface area (Å²) in [6, 6.07) is 9.99. The highest BCUT2D eigenvalue weighted by Gasteiger charge is 2.16. The van der Waals surface area contributed by atoms with Crippen LogP contribution in [0.3, 0.4) is 0 Å². The smallest absolute Gasteiger partial charge is 0.240 e. The molecule has 7 heteroatoms. The molecule has 6 nitrogen and oxygen atoms in total. The summed E-state index contributed by atoms with van der Waals surface area (Å²) in [7, 11) is -1.77. The molecular formula is C18H26N2O4S. The van der Waals surface area contributed by atoms with E-state index in [4.69, 9.17) is 4.74 Å². The maximum Gasteiger partial charge on any atom is 0.240 e. The number of hydrogen-bond acceptors (Lipinski definition) is 4. The fourth-order valence-corrected chi connectivity index (χ4v) is 3.41. The predicted octanol–water partition coefficient (Wildman–Crippen LogP) is 2.46. The number of aryl methyl sites for hydroxylation is 1. The molecule has 2 aromatic rings. The lowest BCUT2D eigenvalue weighted by atomic mass is 10.2. The van der Waals surface area contributed by atoms with Gasteiger partial charge in [-0.05, 0) is 48.7 Å². The van der Waals surface area contributed by atoms with Crippen molar-refractivity contribution in [1.29, 1.82) is 0 Å². The second-order valence-electron chi connectivity index (χ2n) is 6.42. The Labute approximate surface area is 149 Å². The van der Waals surface area contributed by atoms with Gasteiger partial charge in [0.25, 0.3) is 0 Å². The van der Waals surface area contributed by atoms with Gasteiger partial charge in [-0.25, -0.2) is 13.1 Å². The van der Waals surface area contributed by atoms with E-state index >= 15 is 0 Å². The topological polar surface area (TPSA) is 80.6 Å². The second-order valence-corrected chi connectivity index (χ2v) is 8.19. The summed E-state index contributed by atoms with van der Waals surface area (Å²) in [5.74, 6) is 1.05. The van der Waals surface area contributed by atoms with Crippen molar-refractivity contribution in [2.45, 2.75) is 31.3 Å². The third-order valence-electron chi connectivity index (χ3n) is 3.75. The summed E-state index contributed by atoms with van der Waals surface area (Å²) in [6.45, 7) is 4.83. The van der Waals surface area contributed by atoms with Crippen molar-refractivity contribution >= 4 is 10.0 Å². The molecule has 2 N–H and O–H groups in total. The summed E-state index contributed by atoms with van der Waals surface area (Å²) in [5.41, 5.74) is 0.755.